The van der Waals surface area contributed by atoms with Crippen LogP contribution < -0.4 is 4.90 Å². The Morgan fingerprint density at radius 2 is 0.603 bits per heavy atom. The van der Waals surface area contributed by atoms with E-state index in [1.165, 1.54) is 98.4 Å². The minimum Gasteiger partial charge on any atom is -0.310 e. The van der Waals surface area contributed by atoms with Gasteiger partial charge in [0.1, 0.15) is 0 Å². The van der Waals surface area contributed by atoms with Gasteiger partial charge in [0.2, 0.25) is 0 Å². The molecule has 0 heterocycles. The lowest BCUT2D eigenvalue weighted by Crippen LogP contribution is -2.10. The number of benzene rings is 12. The molecule has 0 aliphatic rings. The molecule has 0 N–H and O–H groups in total. The van der Waals surface area contributed by atoms with Gasteiger partial charge in [-0.3, -0.25) is 0 Å². The third kappa shape index (κ3) is 6.50. The third-order valence-corrected chi connectivity index (χ3v) is 12.8. The second kappa shape index (κ2) is 15.3. The Kier molecular flexibility index (Phi) is 8.90. The van der Waals surface area contributed by atoms with Gasteiger partial charge in [0.25, 0.3) is 0 Å². The van der Waals surface area contributed by atoms with E-state index in [9.17, 15) is 0 Å². The average Bonchev–Trinajstić information content (AvgIpc) is 3.36. The Bertz CT molecular complexity index is 3650. The zero-order chi connectivity index (χ0) is 41.7. The lowest BCUT2D eigenvalue weighted by Gasteiger charge is -2.27. The van der Waals surface area contributed by atoms with Gasteiger partial charge < -0.3 is 4.90 Å². The molecule has 0 bridgehead atoms. The highest BCUT2D eigenvalue weighted by Crippen LogP contribution is 2.47. The van der Waals surface area contributed by atoms with Crippen LogP contribution in [0.2, 0.25) is 0 Å². The SMILES string of the molecule is c1ccc(-c2c(-c3ccccc3)c3cc(N(c4ccc(-c5ccc6ccccc6c5)cc4)c4ccc(-c5ccc6c(ccc7ccccc76)c5)cc4)ccc3c3ccccc23)cc1. The van der Waals surface area contributed by atoms with E-state index in [-0.39, 0.29) is 0 Å². The molecule has 0 aliphatic carbocycles. The summed E-state index contributed by atoms with van der Waals surface area (Å²) in [6.07, 6.45) is 0. The van der Waals surface area contributed by atoms with E-state index in [1.54, 1.807) is 0 Å². The number of hydrogen-bond donors (Lipinski definition) is 0. The smallest absolute Gasteiger partial charge is 0.0468 e. The molecule has 0 spiro atoms. The first-order valence-corrected chi connectivity index (χ1v) is 21.7. The van der Waals surface area contributed by atoms with Crippen LogP contribution in [-0.4, -0.2) is 0 Å². The predicted octanol–water partition coefficient (Wildman–Crippen LogP) is 17.6. The van der Waals surface area contributed by atoms with Crippen molar-refractivity contribution in [3.05, 3.63) is 249 Å². The van der Waals surface area contributed by atoms with E-state index in [0.717, 1.165) is 17.1 Å². The molecule has 1 nitrogen and oxygen atoms in total. The summed E-state index contributed by atoms with van der Waals surface area (Å²) in [6.45, 7) is 0. The number of nitrogens with zero attached hydrogens (tertiary/aromatic N) is 1. The van der Waals surface area contributed by atoms with Gasteiger partial charge in [-0.2, -0.15) is 0 Å². The Morgan fingerprint density at radius 1 is 0.190 bits per heavy atom. The van der Waals surface area contributed by atoms with Crippen molar-refractivity contribution in [2.45, 2.75) is 0 Å². The van der Waals surface area contributed by atoms with E-state index < -0.39 is 0 Å². The molecular formula is C62H41N. The van der Waals surface area contributed by atoms with Gasteiger partial charge in [0, 0.05) is 17.1 Å². The molecule has 0 amide bonds. The second-order valence-electron chi connectivity index (χ2n) is 16.5. The largest absolute Gasteiger partial charge is 0.310 e. The highest BCUT2D eigenvalue weighted by molar-refractivity contribution is 6.22. The summed E-state index contributed by atoms with van der Waals surface area (Å²) in [4.78, 5) is 2.41. The predicted molar refractivity (Wildman–Crippen MR) is 270 cm³/mol. The number of hydrogen-bond acceptors (Lipinski definition) is 1. The normalized spacial score (nSPS) is 11.5. The maximum atomic E-state index is 2.41. The summed E-state index contributed by atoms with van der Waals surface area (Å²) >= 11 is 0. The number of rotatable bonds is 7. The summed E-state index contributed by atoms with van der Waals surface area (Å²) in [7, 11) is 0. The van der Waals surface area contributed by atoms with Crippen LogP contribution in [0.5, 0.6) is 0 Å². The van der Waals surface area contributed by atoms with Gasteiger partial charge in [-0.25, -0.2) is 0 Å². The van der Waals surface area contributed by atoms with Gasteiger partial charge in [-0.15, -0.1) is 0 Å². The van der Waals surface area contributed by atoms with Crippen molar-refractivity contribution in [3.8, 4) is 44.5 Å². The second-order valence-corrected chi connectivity index (χ2v) is 16.5. The van der Waals surface area contributed by atoms with E-state index in [1.807, 2.05) is 0 Å². The fourth-order valence-electron chi connectivity index (χ4n) is 9.74. The Morgan fingerprint density at radius 3 is 1.27 bits per heavy atom. The molecule has 0 fully saturated rings. The van der Waals surface area contributed by atoms with Crippen molar-refractivity contribution in [1.82, 2.24) is 0 Å². The lowest BCUT2D eigenvalue weighted by molar-refractivity contribution is 1.29. The molecule has 0 radical (unpaired) electrons. The van der Waals surface area contributed by atoms with Crippen LogP contribution >= 0.6 is 0 Å². The molecule has 0 aromatic heterocycles. The Balaban J connectivity index is 1.03. The molecule has 12 rings (SSSR count). The molecule has 12 aromatic rings. The van der Waals surface area contributed by atoms with Gasteiger partial charge in [-0.1, -0.05) is 200 Å². The van der Waals surface area contributed by atoms with Crippen molar-refractivity contribution in [3.63, 3.8) is 0 Å². The first kappa shape index (κ1) is 36.6. The summed E-state index contributed by atoms with van der Waals surface area (Å²) < 4.78 is 0. The topological polar surface area (TPSA) is 3.24 Å². The van der Waals surface area contributed by atoms with Crippen molar-refractivity contribution in [2.75, 3.05) is 4.90 Å². The van der Waals surface area contributed by atoms with Crippen molar-refractivity contribution in [1.29, 1.82) is 0 Å². The lowest BCUT2D eigenvalue weighted by atomic mass is 9.85. The standard InChI is InChI=1S/C62H41N/c1-3-15-46(16-4-1)61-59-22-12-11-21-57(59)58-38-36-54(41-60(58)62(61)47-17-5-2-6-18-47)63(52-32-27-43(28-33-52)49-25-23-42-13-7-8-19-48(42)39-49)53-34-29-44(30-35-53)50-31-37-56-51(40-50)26-24-45-14-9-10-20-55(45)56/h1-41H. The molecule has 1 heteroatoms. The molecule has 0 atom stereocenters. The van der Waals surface area contributed by atoms with E-state index in [2.05, 4.69) is 254 Å². The molecule has 0 unspecified atom stereocenters. The minimum absolute atomic E-state index is 1.09. The molecule has 63 heavy (non-hydrogen) atoms. The van der Waals surface area contributed by atoms with Gasteiger partial charge in [0.15, 0.2) is 0 Å². The highest BCUT2D eigenvalue weighted by Gasteiger charge is 2.20. The summed E-state index contributed by atoms with van der Waals surface area (Å²) in [6, 6.07) is 91.1. The quantitative estimate of drug-likeness (QED) is 0.145. The van der Waals surface area contributed by atoms with E-state index in [4.69, 9.17) is 0 Å². The van der Waals surface area contributed by atoms with Gasteiger partial charge in [0.05, 0.1) is 0 Å². The van der Waals surface area contributed by atoms with Gasteiger partial charge in [-0.05, 0) is 147 Å². The minimum atomic E-state index is 1.09. The molecular weight excluding hydrogens is 759 g/mol. The van der Waals surface area contributed by atoms with Crippen LogP contribution in [0.4, 0.5) is 17.1 Å². The van der Waals surface area contributed by atoms with Gasteiger partial charge >= 0.3 is 0 Å². The van der Waals surface area contributed by atoms with E-state index in [0.29, 0.717) is 0 Å². The van der Waals surface area contributed by atoms with Crippen LogP contribution in [0.1, 0.15) is 0 Å². The third-order valence-electron chi connectivity index (χ3n) is 12.8. The maximum absolute atomic E-state index is 2.41. The highest BCUT2D eigenvalue weighted by atomic mass is 15.1. The zero-order valence-electron chi connectivity index (χ0n) is 34.6. The Labute approximate surface area is 367 Å². The molecule has 0 saturated carbocycles. The summed E-state index contributed by atoms with van der Waals surface area (Å²) in [5.41, 5.74) is 13.0. The molecule has 0 saturated heterocycles. The van der Waals surface area contributed by atoms with Crippen LogP contribution in [0.3, 0.4) is 0 Å². The monoisotopic (exact) mass is 799 g/mol. The van der Waals surface area contributed by atoms with Crippen molar-refractivity contribution >= 4 is 70.9 Å². The zero-order valence-corrected chi connectivity index (χ0v) is 34.6. The van der Waals surface area contributed by atoms with Crippen molar-refractivity contribution in [2.24, 2.45) is 0 Å². The Hall–Kier alpha value is -8.26. The fraction of sp³-hybridized carbons (Fsp3) is 0. The molecule has 294 valence electrons. The summed E-state index contributed by atoms with van der Waals surface area (Å²) in [5.74, 6) is 0. The molecule has 12 aromatic carbocycles. The first-order chi connectivity index (χ1) is 31.2. The maximum Gasteiger partial charge on any atom is 0.0468 e. The van der Waals surface area contributed by atoms with Crippen molar-refractivity contribution < 1.29 is 0 Å². The first-order valence-electron chi connectivity index (χ1n) is 21.7. The number of anilines is 3. The van der Waals surface area contributed by atoms with Crippen LogP contribution in [0, 0.1) is 0 Å². The van der Waals surface area contributed by atoms with Crippen LogP contribution in [0.25, 0.3) is 98.4 Å². The van der Waals surface area contributed by atoms with E-state index >= 15 is 0 Å². The fourth-order valence-corrected chi connectivity index (χ4v) is 9.74. The van der Waals surface area contributed by atoms with Crippen LogP contribution in [-0.2, 0) is 0 Å². The number of fused-ring (bicyclic) bond motifs is 7. The molecule has 0 aliphatic heterocycles. The van der Waals surface area contributed by atoms with Crippen LogP contribution in [0.15, 0.2) is 249 Å². The summed E-state index contributed by atoms with van der Waals surface area (Å²) in [5, 5.41) is 12.5. The average molecular weight is 800 g/mol.